The Labute approximate surface area is 147 Å². The minimum atomic E-state index is -0.417. The summed E-state index contributed by atoms with van der Waals surface area (Å²) >= 11 is 0. The van der Waals surface area contributed by atoms with Crippen LogP contribution >= 0.6 is 0 Å². The molecule has 1 aliphatic rings. The maximum absolute atomic E-state index is 12.4. The number of anilines is 1. The van der Waals surface area contributed by atoms with Gasteiger partial charge in [-0.3, -0.25) is 9.59 Å². The number of hydrogen-bond acceptors (Lipinski definition) is 5. The van der Waals surface area contributed by atoms with E-state index in [0.29, 0.717) is 37.6 Å². The summed E-state index contributed by atoms with van der Waals surface area (Å²) in [7, 11) is 1.57. The van der Waals surface area contributed by atoms with Gasteiger partial charge in [-0.1, -0.05) is 13.0 Å². The van der Waals surface area contributed by atoms with E-state index < -0.39 is 11.9 Å². The lowest BCUT2D eigenvalue weighted by Crippen LogP contribution is -2.30. The van der Waals surface area contributed by atoms with Crippen molar-refractivity contribution in [2.24, 2.45) is 5.92 Å². The van der Waals surface area contributed by atoms with Gasteiger partial charge in [-0.05, 0) is 24.6 Å². The van der Waals surface area contributed by atoms with Crippen LogP contribution in [-0.2, 0) is 19.1 Å². The topological polar surface area (TPSA) is 84.9 Å². The average Bonchev–Trinajstić information content (AvgIpc) is 2.99. The van der Waals surface area contributed by atoms with Gasteiger partial charge in [0.25, 0.3) is 0 Å². The van der Waals surface area contributed by atoms with Crippen LogP contribution in [0.3, 0.4) is 0 Å². The number of likely N-dealkylation sites (tertiary alicyclic amines) is 1. The number of methoxy groups -OCH3 is 1. The Kier molecular flexibility index (Phi) is 6.94. The van der Waals surface area contributed by atoms with Crippen LogP contribution in [0.4, 0.5) is 5.69 Å². The van der Waals surface area contributed by atoms with E-state index in [2.05, 4.69) is 5.32 Å². The van der Waals surface area contributed by atoms with E-state index in [4.69, 9.17) is 9.47 Å². The van der Waals surface area contributed by atoms with Gasteiger partial charge >= 0.3 is 5.97 Å². The number of benzene rings is 1. The zero-order valence-corrected chi connectivity index (χ0v) is 14.6. The van der Waals surface area contributed by atoms with Crippen molar-refractivity contribution >= 4 is 23.5 Å². The highest BCUT2D eigenvalue weighted by atomic mass is 16.5. The van der Waals surface area contributed by atoms with E-state index in [-0.39, 0.29) is 18.2 Å². The lowest BCUT2D eigenvalue weighted by molar-refractivity contribution is -0.128. The van der Waals surface area contributed by atoms with Crippen molar-refractivity contribution in [3.8, 4) is 0 Å². The van der Waals surface area contributed by atoms with Crippen molar-refractivity contribution in [3.63, 3.8) is 0 Å². The summed E-state index contributed by atoms with van der Waals surface area (Å²) in [6, 6.07) is 6.60. The van der Waals surface area contributed by atoms with Crippen molar-refractivity contribution in [1.82, 2.24) is 4.90 Å². The molecule has 25 heavy (non-hydrogen) atoms. The molecule has 0 bridgehead atoms. The fourth-order valence-electron chi connectivity index (χ4n) is 2.61. The second-order valence-corrected chi connectivity index (χ2v) is 5.94. The minimum absolute atomic E-state index is 0.0471. The molecule has 1 heterocycles. The molecule has 2 amide bonds. The Hall–Kier alpha value is -2.41. The predicted molar refractivity (Wildman–Crippen MR) is 92.2 cm³/mol. The number of hydrogen-bond donors (Lipinski definition) is 1. The van der Waals surface area contributed by atoms with Crippen molar-refractivity contribution in [1.29, 1.82) is 0 Å². The molecule has 1 unspecified atom stereocenters. The number of ether oxygens (including phenoxy) is 2. The number of carbonyl (C=O) groups excluding carboxylic acids is 3. The molecular weight excluding hydrogens is 324 g/mol. The number of esters is 1. The zero-order valence-electron chi connectivity index (χ0n) is 14.6. The van der Waals surface area contributed by atoms with E-state index in [1.165, 1.54) is 0 Å². The maximum Gasteiger partial charge on any atom is 0.338 e. The molecular formula is C18H24N2O5. The molecule has 1 aliphatic heterocycles. The molecule has 1 saturated heterocycles. The number of carbonyl (C=O) groups is 3. The standard InChI is InChI=1S/C18H24N2O5/c1-3-8-25-18(23)13-5-4-6-15(10-13)19-17(22)14-11-16(21)20(12-14)7-9-24-2/h4-6,10,14H,3,7-9,11-12H2,1-2H3,(H,19,22). The fourth-order valence-corrected chi connectivity index (χ4v) is 2.61. The van der Waals surface area contributed by atoms with Crippen LogP contribution < -0.4 is 5.32 Å². The maximum atomic E-state index is 12.4. The van der Waals surface area contributed by atoms with Gasteiger partial charge in [0.1, 0.15) is 0 Å². The van der Waals surface area contributed by atoms with Crippen LogP contribution in [-0.4, -0.2) is 56.1 Å². The summed E-state index contributed by atoms with van der Waals surface area (Å²) in [5.74, 6) is -1.10. The minimum Gasteiger partial charge on any atom is -0.462 e. The first kappa shape index (κ1) is 18.9. The Balaban J connectivity index is 1.94. The first-order chi connectivity index (χ1) is 12.0. The van der Waals surface area contributed by atoms with Crippen LogP contribution in [0, 0.1) is 5.92 Å². The van der Waals surface area contributed by atoms with E-state index in [1.807, 2.05) is 6.92 Å². The number of amides is 2. The molecule has 0 aromatic heterocycles. The lowest BCUT2D eigenvalue weighted by atomic mass is 10.1. The summed E-state index contributed by atoms with van der Waals surface area (Å²) in [6.45, 7) is 3.59. The summed E-state index contributed by atoms with van der Waals surface area (Å²) < 4.78 is 10.1. The Morgan fingerprint density at radius 1 is 1.32 bits per heavy atom. The average molecular weight is 348 g/mol. The van der Waals surface area contributed by atoms with Crippen LogP contribution in [0.25, 0.3) is 0 Å². The van der Waals surface area contributed by atoms with Crippen LogP contribution in [0.1, 0.15) is 30.1 Å². The third kappa shape index (κ3) is 5.29. The van der Waals surface area contributed by atoms with E-state index in [0.717, 1.165) is 6.42 Å². The Bertz CT molecular complexity index is 632. The number of nitrogens with one attached hydrogen (secondary N) is 1. The summed E-state index contributed by atoms with van der Waals surface area (Å²) in [5, 5.41) is 2.78. The molecule has 1 fully saturated rings. The second-order valence-electron chi connectivity index (χ2n) is 5.94. The van der Waals surface area contributed by atoms with Crippen LogP contribution in [0.2, 0.25) is 0 Å². The van der Waals surface area contributed by atoms with E-state index in [9.17, 15) is 14.4 Å². The fraction of sp³-hybridized carbons (Fsp3) is 0.500. The van der Waals surface area contributed by atoms with Gasteiger partial charge in [-0.25, -0.2) is 4.79 Å². The summed E-state index contributed by atoms with van der Waals surface area (Å²) in [6.07, 6.45) is 0.936. The summed E-state index contributed by atoms with van der Waals surface area (Å²) in [4.78, 5) is 37.8. The predicted octanol–water partition coefficient (Wildman–Crippen LogP) is 1.69. The highest BCUT2D eigenvalue weighted by molar-refractivity contribution is 5.98. The molecule has 7 heteroatoms. The first-order valence-electron chi connectivity index (χ1n) is 8.40. The largest absolute Gasteiger partial charge is 0.462 e. The van der Waals surface area contributed by atoms with Crippen LogP contribution in [0.15, 0.2) is 24.3 Å². The van der Waals surface area contributed by atoms with Crippen molar-refractivity contribution in [2.75, 3.05) is 38.7 Å². The molecule has 2 rings (SSSR count). The van der Waals surface area contributed by atoms with Gasteiger partial charge in [0.05, 0.1) is 24.7 Å². The zero-order chi connectivity index (χ0) is 18.2. The lowest BCUT2D eigenvalue weighted by Gasteiger charge is -2.16. The molecule has 1 aromatic rings. The molecule has 1 N–H and O–H groups in total. The number of nitrogens with zero attached hydrogens (tertiary/aromatic N) is 1. The highest BCUT2D eigenvalue weighted by Crippen LogP contribution is 2.20. The monoisotopic (exact) mass is 348 g/mol. The van der Waals surface area contributed by atoms with Gasteiger partial charge in [0.15, 0.2) is 0 Å². The van der Waals surface area contributed by atoms with Gasteiger partial charge in [0.2, 0.25) is 11.8 Å². The highest BCUT2D eigenvalue weighted by Gasteiger charge is 2.34. The van der Waals surface area contributed by atoms with Crippen molar-refractivity contribution in [2.45, 2.75) is 19.8 Å². The van der Waals surface area contributed by atoms with Crippen LogP contribution in [0.5, 0.6) is 0 Å². The van der Waals surface area contributed by atoms with Gasteiger partial charge in [0, 0.05) is 32.3 Å². The van der Waals surface area contributed by atoms with Crippen molar-refractivity contribution < 1.29 is 23.9 Å². The smallest absolute Gasteiger partial charge is 0.338 e. The van der Waals surface area contributed by atoms with E-state index >= 15 is 0 Å². The molecule has 1 atom stereocenters. The quantitative estimate of drug-likeness (QED) is 0.723. The Morgan fingerprint density at radius 3 is 2.84 bits per heavy atom. The molecule has 0 spiro atoms. The first-order valence-corrected chi connectivity index (χ1v) is 8.40. The Morgan fingerprint density at radius 2 is 2.12 bits per heavy atom. The molecule has 136 valence electrons. The normalized spacial score (nSPS) is 16.8. The third-order valence-corrected chi connectivity index (χ3v) is 3.95. The number of rotatable bonds is 8. The van der Waals surface area contributed by atoms with Crippen molar-refractivity contribution in [3.05, 3.63) is 29.8 Å². The molecule has 1 aromatic carbocycles. The molecule has 0 radical (unpaired) electrons. The summed E-state index contributed by atoms with van der Waals surface area (Å²) in [5.41, 5.74) is 0.897. The molecule has 0 aliphatic carbocycles. The molecule has 7 nitrogen and oxygen atoms in total. The van der Waals surface area contributed by atoms with E-state index in [1.54, 1.807) is 36.3 Å². The third-order valence-electron chi connectivity index (χ3n) is 3.95. The SMILES string of the molecule is CCCOC(=O)c1cccc(NC(=O)C2CC(=O)N(CCOC)C2)c1. The van der Waals surface area contributed by atoms with Gasteiger partial charge in [-0.15, -0.1) is 0 Å². The second kappa shape index (κ2) is 9.17. The van der Waals surface area contributed by atoms with Gasteiger partial charge < -0.3 is 19.7 Å². The van der Waals surface area contributed by atoms with Gasteiger partial charge in [-0.2, -0.15) is 0 Å². The molecule has 0 saturated carbocycles.